The van der Waals surface area contributed by atoms with Crippen LogP contribution in [0, 0.1) is 0 Å². The van der Waals surface area contributed by atoms with Gasteiger partial charge in [-0.1, -0.05) is 12.1 Å². The van der Waals surface area contributed by atoms with Gasteiger partial charge in [0.2, 0.25) is 0 Å². The summed E-state index contributed by atoms with van der Waals surface area (Å²) in [6.45, 7) is 0. The molecule has 0 fully saturated rings. The van der Waals surface area contributed by atoms with E-state index in [9.17, 15) is 10.2 Å². The van der Waals surface area contributed by atoms with Crippen LogP contribution in [0.25, 0.3) is 11.6 Å². The minimum atomic E-state index is -0.376. The Balaban J connectivity index is 1.87. The summed E-state index contributed by atoms with van der Waals surface area (Å²) in [5.74, 6) is 0.977. The highest BCUT2D eigenvalue weighted by Crippen LogP contribution is 2.43. The third-order valence-electron chi connectivity index (χ3n) is 3.95. The van der Waals surface area contributed by atoms with Crippen molar-refractivity contribution in [2.24, 2.45) is 0 Å². The number of aromatic nitrogens is 2. The number of rotatable bonds is 2. The van der Waals surface area contributed by atoms with Crippen molar-refractivity contribution in [3.05, 3.63) is 77.6 Å². The Labute approximate surface area is 138 Å². The molecule has 118 valence electrons. The van der Waals surface area contributed by atoms with Crippen molar-refractivity contribution >= 4 is 11.6 Å². The Morgan fingerprint density at radius 3 is 2.42 bits per heavy atom. The van der Waals surface area contributed by atoms with Gasteiger partial charge in [0.25, 0.3) is 0 Å². The summed E-state index contributed by atoms with van der Waals surface area (Å²) >= 11 is 0. The zero-order valence-corrected chi connectivity index (χ0v) is 12.6. The van der Waals surface area contributed by atoms with Crippen molar-refractivity contribution in [2.75, 3.05) is 0 Å². The quantitative estimate of drug-likeness (QED) is 0.755. The SMILES string of the molecule is Oc1ccc(C2=Cc3ccc(O)cc3OC2c2ccnnc2)cc1. The van der Waals surface area contributed by atoms with Crippen molar-refractivity contribution in [3.63, 3.8) is 0 Å². The average Bonchev–Trinajstić information content (AvgIpc) is 2.62. The van der Waals surface area contributed by atoms with Gasteiger partial charge >= 0.3 is 0 Å². The molecule has 1 unspecified atom stereocenters. The largest absolute Gasteiger partial charge is 0.508 e. The van der Waals surface area contributed by atoms with E-state index in [4.69, 9.17) is 4.74 Å². The first-order valence-corrected chi connectivity index (χ1v) is 7.48. The number of benzene rings is 2. The zero-order chi connectivity index (χ0) is 16.5. The standard InChI is InChI=1S/C19H14N2O3/c22-15-4-1-12(2-5-15)17-9-13-3-6-16(23)10-18(13)24-19(17)14-7-8-20-21-11-14/h1-11,19,22-23H. The van der Waals surface area contributed by atoms with Gasteiger partial charge in [-0.25, -0.2) is 0 Å². The van der Waals surface area contributed by atoms with Gasteiger partial charge in [0.15, 0.2) is 6.10 Å². The lowest BCUT2D eigenvalue weighted by Crippen LogP contribution is -2.14. The first-order valence-electron chi connectivity index (χ1n) is 7.48. The van der Waals surface area contributed by atoms with Crippen molar-refractivity contribution in [2.45, 2.75) is 6.10 Å². The molecule has 4 rings (SSSR count). The summed E-state index contributed by atoms with van der Waals surface area (Å²) in [4.78, 5) is 0. The highest BCUT2D eigenvalue weighted by molar-refractivity contribution is 5.88. The van der Waals surface area contributed by atoms with Crippen molar-refractivity contribution in [1.29, 1.82) is 0 Å². The predicted molar refractivity (Wildman–Crippen MR) is 89.5 cm³/mol. The molecular weight excluding hydrogens is 304 g/mol. The van der Waals surface area contributed by atoms with Gasteiger partial charge in [-0.15, -0.1) is 0 Å². The molecule has 1 aliphatic rings. The minimum absolute atomic E-state index is 0.154. The third-order valence-corrected chi connectivity index (χ3v) is 3.95. The van der Waals surface area contributed by atoms with Crippen molar-refractivity contribution in [1.82, 2.24) is 10.2 Å². The molecule has 0 saturated heterocycles. The van der Waals surface area contributed by atoms with E-state index in [0.717, 1.165) is 22.3 Å². The second-order valence-electron chi connectivity index (χ2n) is 5.54. The normalized spacial score (nSPS) is 16.0. The van der Waals surface area contributed by atoms with Gasteiger partial charge in [0.05, 0.1) is 6.20 Å². The summed E-state index contributed by atoms with van der Waals surface area (Å²) in [7, 11) is 0. The van der Waals surface area contributed by atoms with Crippen LogP contribution in [0.15, 0.2) is 60.9 Å². The number of phenolic OH excluding ortho intramolecular Hbond substituents is 2. The fourth-order valence-electron chi connectivity index (χ4n) is 2.77. The van der Waals surface area contributed by atoms with E-state index in [-0.39, 0.29) is 17.6 Å². The second-order valence-corrected chi connectivity index (χ2v) is 5.54. The fourth-order valence-corrected chi connectivity index (χ4v) is 2.77. The number of ether oxygens (including phenoxy) is 1. The number of phenols is 2. The molecular formula is C19H14N2O3. The number of aromatic hydroxyl groups is 2. The molecule has 0 saturated carbocycles. The Hall–Kier alpha value is -3.34. The molecule has 0 amide bonds. The summed E-state index contributed by atoms with van der Waals surface area (Å²) in [5.41, 5.74) is 3.63. The van der Waals surface area contributed by atoms with E-state index < -0.39 is 0 Å². The first-order chi connectivity index (χ1) is 11.7. The van der Waals surface area contributed by atoms with E-state index in [1.54, 1.807) is 36.7 Å². The minimum Gasteiger partial charge on any atom is -0.508 e. The Morgan fingerprint density at radius 1 is 0.875 bits per heavy atom. The molecule has 24 heavy (non-hydrogen) atoms. The lowest BCUT2D eigenvalue weighted by Gasteiger charge is -2.28. The maximum absolute atomic E-state index is 9.71. The first kappa shape index (κ1) is 14.3. The van der Waals surface area contributed by atoms with Crippen LogP contribution in [0.2, 0.25) is 0 Å². The lowest BCUT2D eigenvalue weighted by molar-refractivity contribution is 0.259. The Kier molecular flexibility index (Phi) is 3.39. The molecule has 2 aromatic carbocycles. The second kappa shape index (κ2) is 5.70. The average molecular weight is 318 g/mol. The summed E-state index contributed by atoms with van der Waals surface area (Å²) in [6, 6.07) is 13.9. The molecule has 2 heterocycles. The zero-order valence-electron chi connectivity index (χ0n) is 12.6. The molecule has 1 aliphatic heterocycles. The molecule has 0 aliphatic carbocycles. The molecule has 5 heteroatoms. The van der Waals surface area contributed by atoms with Crippen LogP contribution in [-0.2, 0) is 0 Å². The highest BCUT2D eigenvalue weighted by Gasteiger charge is 2.26. The maximum Gasteiger partial charge on any atom is 0.151 e. The van der Waals surface area contributed by atoms with Gasteiger partial charge in [-0.2, -0.15) is 10.2 Å². The van der Waals surface area contributed by atoms with Crippen LogP contribution in [0.5, 0.6) is 17.2 Å². The molecule has 3 aromatic rings. The van der Waals surface area contributed by atoms with Gasteiger partial charge in [0.1, 0.15) is 17.2 Å². The van der Waals surface area contributed by atoms with Gasteiger partial charge in [0, 0.05) is 29.0 Å². The van der Waals surface area contributed by atoms with Crippen LogP contribution in [0.4, 0.5) is 0 Å². The molecule has 0 radical (unpaired) electrons. The predicted octanol–water partition coefficient (Wildman–Crippen LogP) is 3.56. The topological polar surface area (TPSA) is 75.5 Å². The van der Waals surface area contributed by atoms with Gasteiger partial charge in [-0.3, -0.25) is 0 Å². The molecule has 1 aromatic heterocycles. The molecule has 1 atom stereocenters. The number of fused-ring (bicyclic) bond motifs is 1. The Morgan fingerprint density at radius 2 is 1.67 bits per heavy atom. The fraction of sp³-hybridized carbons (Fsp3) is 0.0526. The van der Waals surface area contributed by atoms with E-state index in [2.05, 4.69) is 10.2 Å². The van der Waals surface area contributed by atoms with Gasteiger partial charge < -0.3 is 14.9 Å². The third kappa shape index (κ3) is 2.56. The number of hydrogen-bond donors (Lipinski definition) is 2. The van der Waals surface area contributed by atoms with Crippen molar-refractivity contribution in [3.8, 4) is 17.2 Å². The molecule has 0 spiro atoms. The van der Waals surface area contributed by atoms with Crippen LogP contribution in [0.3, 0.4) is 0 Å². The monoisotopic (exact) mass is 318 g/mol. The highest BCUT2D eigenvalue weighted by atomic mass is 16.5. The van der Waals surface area contributed by atoms with Gasteiger partial charge in [-0.05, 0) is 42.0 Å². The van der Waals surface area contributed by atoms with E-state index in [1.165, 1.54) is 0 Å². The van der Waals surface area contributed by atoms with E-state index >= 15 is 0 Å². The number of nitrogens with zero attached hydrogens (tertiary/aromatic N) is 2. The van der Waals surface area contributed by atoms with Crippen LogP contribution in [0.1, 0.15) is 22.8 Å². The molecule has 5 nitrogen and oxygen atoms in total. The maximum atomic E-state index is 9.71. The van der Waals surface area contributed by atoms with Crippen LogP contribution in [-0.4, -0.2) is 20.4 Å². The van der Waals surface area contributed by atoms with Crippen molar-refractivity contribution < 1.29 is 14.9 Å². The van der Waals surface area contributed by atoms with E-state index in [0.29, 0.717) is 5.75 Å². The van der Waals surface area contributed by atoms with E-state index in [1.807, 2.05) is 30.3 Å². The summed E-state index contributed by atoms with van der Waals surface area (Å²) in [6.07, 6.45) is 4.92. The smallest absolute Gasteiger partial charge is 0.151 e. The number of hydrogen-bond acceptors (Lipinski definition) is 5. The molecule has 2 N–H and O–H groups in total. The molecule has 0 bridgehead atoms. The van der Waals surface area contributed by atoms with Crippen LogP contribution >= 0.6 is 0 Å². The lowest BCUT2D eigenvalue weighted by atomic mass is 9.91. The van der Waals surface area contributed by atoms with Crippen LogP contribution < -0.4 is 4.74 Å². The Bertz CT molecular complexity index is 906. The summed E-state index contributed by atoms with van der Waals surface area (Å²) < 4.78 is 6.14. The summed E-state index contributed by atoms with van der Waals surface area (Å²) in [5, 5.41) is 27.0.